The number of nitrogens with one attached hydrogen (secondary N) is 1. The third-order valence-electron chi connectivity index (χ3n) is 8.11. The highest BCUT2D eigenvalue weighted by molar-refractivity contribution is 5.90. The second-order valence-electron chi connectivity index (χ2n) is 10.7. The summed E-state index contributed by atoms with van der Waals surface area (Å²) in [7, 11) is 3.21. The average molecular weight is 560 g/mol. The molecule has 2 aliphatic heterocycles. The number of carbonyl (C=O) groups excluding carboxylic acids is 1. The summed E-state index contributed by atoms with van der Waals surface area (Å²) in [5.41, 5.74) is 2.98. The predicted octanol–water partition coefficient (Wildman–Crippen LogP) is 5.46. The maximum absolute atomic E-state index is 13.0. The summed E-state index contributed by atoms with van der Waals surface area (Å²) >= 11 is 0. The van der Waals surface area contributed by atoms with Crippen molar-refractivity contribution in [2.45, 2.75) is 57.7 Å². The first-order valence-electron chi connectivity index (χ1n) is 14.0. The van der Waals surface area contributed by atoms with Gasteiger partial charge in [-0.15, -0.1) is 0 Å². The SMILES string of the molecule is COc1ccc(OC(CCCN2C3CCC2CN(C(=O)Nc2c(C)noc2C)C3)c2ccc(C#N)cc2)cc1OC. The van der Waals surface area contributed by atoms with Gasteiger partial charge >= 0.3 is 6.03 Å². The predicted molar refractivity (Wildman–Crippen MR) is 153 cm³/mol. The molecule has 2 aromatic carbocycles. The van der Waals surface area contributed by atoms with Crippen molar-refractivity contribution in [1.29, 1.82) is 5.26 Å². The molecule has 3 unspecified atom stereocenters. The molecule has 3 aromatic rings. The summed E-state index contributed by atoms with van der Waals surface area (Å²) in [6, 6.07) is 15.9. The largest absolute Gasteiger partial charge is 0.493 e. The maximum atomic E-state index is 13.0. The fourth-order valence-corrected chi connectivity index (χ4v) is 5.95. The monoisotopic (exact) mass is 559 g/mol. The third-order valence-corrected chi connectivity index (χ3v) is 8.11. The fourth-order valence-electron chi connectivity index (χ4n) is 5.95. The molecule has 10 heteroatoms. The summed E-state index contributed by atoms with van der Waals surface area (Å²) in [4.78, 5) is 17.5. The number of hydrogen-bond acceptors (Lipinski definition) is 8. The number of aromatic nitrogens is 1. The number of anilines is 1. The van der Waals surface area contributed by atoms with E-state index in [1.165, 1.54) is 0 Å². The molecule has 2 saturated heterocycles. The van der Waals surface area contributed by atoms with Crippen LogP contribution < -0.4 is 19.5 Å². The second-order valence-corrected chi connectivity index (χ2v) is 10.7. The zero-order valence-electron chi connectivity index (χ0n) is 24.1. The first kappa shape index (κ1) is 28.3. The van der Waals surface area contributed by atoms with Gasteiger partial charge in [0.2, 0.25) is 0 Å². The minimum absolute atomic E-state index is 0.0971. The van der Waals surface area contributed by atoms with E-state index in [1.54, 1.807) is 21.1 Å². The summed E-state index contributed by atoms with van der Waals surface area (Å²) in [6.07, 6.45) is 3.70. The first-order chi connectivity index (χ1) is 19.9. The van der Waals surface area contributed by atoms with Gasteiger partial charge in [0.1, 0.15) is 23.2 Å². The molecule has 2 aliphatic rings. The number of nitrogens with zero attached hydrogens (tertiary/aromatic N) is 4. The molecule has 1 N–H and O–H groups in total. The van der Waals surface area contributed by atoms with Crippen LogP contribution in [0.4, 0.5) is 10.5 Å². The van der Waals surface area contributed by atoms with Crippen LogP contribution in [0.1, 0.15) is 54.4 Å². The molecular weight excluding hydrogens is 522 g/mol. The van der Waals surface area contributed by atoms with Gasteiger partial charge in [0, 0.05) is 31.2 Å². The van der Waals surface area contributed by atoms with Crippen molar-refractivity contribution >= 4 is 11.7 Å². The number of urea groups is 1. The summed E-state index contributed by atoms with van der Waals surface area (Å²) < 4.78 is 22.5. The van der Waals surface area contributed by atoms with E-state index in [0.29, 0.717) is 65.1 Å². The van der Waals surface area contributed by atoms with Crippen molar-refractivity contribution in [1.82, 2.24) is 15.0 Å². The quantitative estimate of drug-likeness (QED) is 0.348. The molecule has 0 spiro atoms. The second kappa shape index (κ2) is 12.5. The lowest BCUT2D eigenvalue weighted by Crippen LogP contribution is -2.56. The van der Waals surface area contributed by atoms with Crippen LogP contribution in [0.25, 0.3) is 0 Å². The lowest BCUT2D eigenvalue weighted by atomic mass is 10.0. The van der Waals surface area contributed by atoms with E-state index in [-0.39, 0.29) is 12.1 Å². The number of carbonyl (C=O) groups is 1. The van der Waals surface area contributed by atoms with Crippen molar-refractivity contribution < 1.29 is 23.5 Å². The van der Waals surface area contributed by atoms with Crippen LogP contribution in [0.5, 0.6) is 17.2 Å². The number of rotatable bonds is 10. The van der Waals surface area contributed by atoms with Gasteiger partial charge in [-0.05, 0) is 75.9 Å². The van der Waals surface area contributed by atoms with Crippen LogP contribution in [0, 0.1) is 25.2 Å². The molecule has 3 heterocycles. The fraction of sp³-hybridized carbons (Fsp3) is 0.452. The van der Waals surface area contributed by atoms with Crippen LogP contribution in [-0.2, 0) is 0 Å². The van der Waals surface area contributed by atoms with Gasteiger partial charge in [-0.25, -0.2) is 4.79 Å². The smallest absolute Gasteiger partial charge is 0.322 e. The normalized spacial score (nSPS) is 19.0. The zero-order valence-corrected chi connectivity index (χ0v) is 24.1. The molecule has 0 aliphatic carbocycles. The van der Waals surface area contributed by atoms with Gasteiger partial charge in [-0.1, -0.05) is 17.3 Å². The Morgan fingerprint density at radius 1 is 1.10 bits per heavy atom. The first-order valence-corrected chi connectivity index (χ1v) is 14.0. The van der Waals surface area contributed by atoms with Crippen LogP contribution in [-0.4, -0.2) is 66.9 Å². The molecule has 3 atom stereocenters. The van der Waals surface area contributed by atoms with Crippen molar-refractivity contribution in [2.24, 2.45) is 0 Å². The Balaban J connectivity index is 1.22. The highest BCUT2D eigenvalue weighted by atomic mass is 16.5. The van der Waals surface area contributed by atoms with Gasteiger partial charge in [0.05, 0.1) is 25.9 Å². The summed E-state index contributed by atoms with van der Waals surface area (Å²) in [5.74, 6) is 2.56. The van der Waals surface area contributed by atoms with Crippen molar-refractivity contribution in [3.8, 4) is 23.3 Å². The molecule has 41 heavy (non-hydrogen) atoms. The number of ether oxygens (including phenoxy) is 3. The number of nitriles is 1. The number of piperazine rings is 1. The number of hydrogen-bond donors (Lipinski definition) is 1. The van der Waals surface area contributed by atoms with E-state index in [2.05, 4.69) is 21.4 Å². The van der Waals surface area contributed by atoms with Crippen molar-refractivity contribution in [3.05, 3.63) is 65.0 Å². The van der Waals surface area contributed by atoms with Crippen LogP contribution in [0.2, 0.25) is 0 Å². The Labute approximate surface area is 240 Å². The number of benzene rings is 2. The third kappa shape index (κ3) is 6.25. The lowest BCUT2D eigenvalue weighted by Gasteiger charge is -2.41. The molecule has 216 valence electrons. The van der Waals surface area contributed by atoms with E-state index in [4.69, 9.17) is 18.7 Å². The molecule has 2 amide bonds. The topological polar surface area (TPSA) is 113 Å². The van der Waals surface area contributed by atoms with Crippen molar-refractivity contribution in [2.75, 3.05) is 39.2 Å². The van der Waals surface area contributed by atoms with Gasteiger partial charge < -0.3 is 29.0 Å². The molecule has 5 rings (SSSR count). The number of aryl methyl sites for hydroxylation is 2. The Morgan fingerprint density at radius 2 is 1.80 bits per heavy atom. The highest BCUT2D eigenvalue weighted by Gasteiger charge is 2.41. The number of fused-ring (bicyclic) bond motifs is 2. The van der Waals surface area contributed by atoms with Gasteiger partial charge in [0.15, 0.2) is 17.3 Å². The Bertz CT molecular complexity index is 1370. The van der Waals surface area contributed by atoms with Crippen LogP contribution in [0.3, 0.4) is 0 Å². The van der Waals surface area contributed by atoms with Gasteiger partial charge in [-0.2, -0.15) is 5.26 Å². The van der Waals surface area contributed by atoms with Crippen LogP contribution in [0.15, 0.2) is 47.0 Å². The number of methoxy groups -OCH3 is 2. The zero-order chi connectivity index (χ0) is 28.9. The number of amides is 2. The standard InChI is InChI=1S/C31H37N5O5/c1-20-30(21(2)41-34-20)33-31(37)35-18-24-11-12-25(19-35)36(24)15-5-6-27(23-9-7-22(17-32)8-10-23)40-26-13-14-28(38-3)29(16-26)39-4/h7-10,13-14,16,24-25,27H,5-6,11-12,15,18-19H2,1-4H3,(H,33,37). The lowest BCUT2D eigenvalue weighted by molar-refractivity contribution is 0.0813. The van der Waals surface area contributed by atoms with Crippen LogP contribution >= 0.6 is 0 Å². The van der Waals surface area contributed by atoms with Gasteiger partial charge in [0.25, 0.3) is 0 Å². The molecule has 2 bridgehead atoms. The summed E-state index contributed by atoms with van der Waals surface area (Å²) in [5, 5.41) is 16.2. The minimum atomic E-state index is -0.194. The van der Waals surface area contributed by atoms with Crippen molar-refractivity contribution in [3.63, 3.8) is 0 Å². The Morgan fingerprint density at radius 3 is 2.41 bits per heavy atom. The minimum Gasteiger partial charge on any atom is -0.493 e. The van der Waals surface area contributed by atoms with E-state index in [0.717, 1.165) is 37.8 Å². The molecule has 2 fully saturated rings. The number of likely N-dealkylation sites (tertiary alicyclic amines) is 1. The van der Waals surface area contributed by atoms with Gasteiger partial charge in [-0.3, -0.25) is 4.90 Å². The van der Waals surface area contributed by atoms with E-state index in [1.807, 2.05) is 54.3 Å². The molecule has 0 radical (unpaired) electrons. The maximum Gasteiger partial charge on any atom is 0.322 e. The van der Waals surface area contributed by atoms with E-state index < -0.39 is 0 Å². The molecule has 1 aromatic heterocycles. The average Bonchev–Trinajstić information content (AvgIpc) is 3.43. The molecule has 10 nitrogen and oxygen atoms in total. The Hall–Kier alpha value is -4.23. The summed E-state index contributed by atoms with van der Waals surface area (Å²) in [6.45, 7) is 5.96. The molecule has 0 saturated carbocycles. The van der Waals surface area contributed by atoms with E-state index in [9.17, 15) is 10.1 Å². The molecular formula is C31H37N5O5. The highest BCUT2D eigenvalue weighted by Crippen LogP contribution is 2.35. The van der Waals surface area contributed by atoms with E-state index >= 15 is 0 Å². The Kier molecular flexibility index (Phi) is 8.64.